The first kappa shape index (κ1) is 22.1. The molecule has 0 amide bonds. The van der Waals surface area contributed by atoms with Crippen molar-refractivity contribution in [1.29, 1.82) is 0 Å². The third kappa shape index (κ3) is 4.03. The number of nitrogens with zero attached hydrogens (tertiary/aromatic N) is 7. The normalized spacial score (nSPS) is 11.3. The molecule has 0 radical (unpaired) electrons. The predicted octanol–water partition coefficient (Wildman–Crippen LogP) is 2.71. The molecule has 0 atom stereocenters. The molecule has 9 nitrogen and oxygen atoms in total. The number of halogens is 1. The van der Waals surface area contributed by atoms with Crippen molar-refractivity contribution in [3.05, 3.63) is 69.1 Å². The summed E-state index contributed by atoms with van der Waals surface area (Å²) in [5, 5.41) is 10.1. The van der Waals surface area contributed by atoms with Crippen LogP contribution in [0.3, 0.4) is 0 Å². The monoisotopic (exact) mass is 471 g/mol. The molecule has 166 valence electrons. The molecule has 1 aromatic carbocycles. The zero-order chi connectivity index (χ0) is 22.8. The maximum Gasteiger partial charge on any atom is 0.332 e. The maximum atomic E-state index is 12.8. The molecule has 0 fully saturated rings. The van der Waals surface area contributed by atoms with Gasteiger partial charge in [-0.1, -0.05) is 29.4 Å². The molecule has 0 N–H and O–H groups in total. The van der Waals surface area contributed by atoms with Crippen molar-refractivity contribution in [2.75, 3.05) is 5.75 Å². The van der Waals surface area contributed by atoms with Gasteiger partial charge in [0.2, 0.25) is 0 Å². The molecule has 0 saturated heterocycles. The summed E-state index contributed by atoms with van der Waals surface area (Å²) in [5.74, 6) is 1.39. The van der Waals surface area contributed by atoms with Crippen molar-refractivity contribution in [3.8, 4) is 11.4 Å². The van der Waals surface area contributed by atoms with Crippen LogP contribution in [-0.2, 0) is 27.2 Å². The summed E-state index contributed by atoms with van der Waals surface area (Å²) < 4.78 is 6.29. The van der Waals surface area contributed by atoms with Gasteiger partial charge in [0.15, 0.2) is 22.1 Å². The Bertz CT molecular complexity index is 1400. The molecule has 32 heavy (non-hydrogen) atoms. The highest BCUT2D eigenvalue weighted by Gasteiger charge is 2.16. The highest BCUT2D eigenvalue weighted by atomic mass is 35.5. The molecular formula is C21H22ClN7O2S. The van der Waals surface area contributed by atoms with Crippen molar-refractivity contribution < 1.29 is 0 Å². The van der Waals surface area contributed by atoms with E-state index in [0.29, 0.717) is 41.4 Å². The largest absolute Gasteiger partial charge is 0.332 e. The van der Waals surface area contributed by atoms with Crippen LogP contribution in [-0.4, -0.2) is 39.2 Å². The Morgan fingerprint density at radius 2 is 1.88 bits per heavy atom. The topological polar surface area (TPSA) is 92.5 Å². The van der Waals surface area contributed by atoms with Crippen LogP contribution < -0.4 is 11.2 Å². The number of rotatable bonds is 8. The molecule has 0 aliphatic carbocycles. The average molecular weight is 472 g/mol. The van der Waals surface area contributed by atoms with Crippen LogP contribution in [0.1, 0.15) is 6.42 Å². The third-order valence-electron chi connectivity index (χ3n) is 5.09. The van der Waals surface area contributed by atoms with Gasteiger partial charge in [0.25, 0.3) is 5.56 Å². The van der Waals surface area contributed by atoms with E-state index in [0.717, 1.165) is 16.5 Å². The average Bonchev–Trinajstić information content (AvgIpc) is 3.36. The van der Waals surface area contributed by atoms with E-state index >= 15 is 0 Å². The van der Waals surface area contributed by atoms with Gasteiger partial charge in [-0.15, -0.1) is 16.8 Å². The Morgan fingerprint density at radius 3 is 2.59 bits per heavy atom. The summed E-state index contributed by atoms with van der Waals surface area (Å²) in [7, 11) is 3.37. The Labute approximate surface area is 193 Å². The number of hydrogen-bond donors (Lipinski definition) is 0. The van der Waals surface area contributed by atoms with Gasteiger partial charge in [-0.05, 0) is 30.7 Å². The highest BCUT2D eigenvalue weighted by Crippen LogP contribution is 2.25. The van der Waals surface area contributed by atoms with E-state index in [2.05, 4.69) is 21.8 Å². The van der Waals surface area contributed by atoms with Crippen LogP contribution >= 0.6 is 23.4 Å². The molecular weight excluding hydrogens is 450 g/mol. The van der Waals surface area contributed by atoms with E-state index < -0.39 is 0 Å². The van der Waals surface area contributed by atoms with E-state index in [9.17, 15) is 9.59 Å². The molecule has 4 aromatic rings. The molecule has 3 aromatic heterocycles. The van der Waals surface area contributed by atoms with Crippen LogP contribution in [0.15, 0.2) is 58.0 Å². The highest BCUT2D eigenvalue weighted by molar-refractivity contribution is 7.99. The quantitative estimate of drug-likeness (QED) is 0.223. The molecule has 0 bridgehead atoms. The second-order valence-electron chi connectivity index (χ2n) is 7.24. The van der Waals surface area contributed by atoms with Crippen molar-refractivity contribution in [2.45, 2.75) is 24.7 Å². The Hall–Kier alpha value is -3.11. The summed E-state index contributed by atoms with van der Waals surface area (Å²) >= 11 is 7.51. The maximum absolute atomic E-state index is 12.8. The lowest BCUT2D eigenvalue weighted by Crippen LogP contribution is -2.39. The Morgan fingerprint density at radius 1 is 1.12 bits per heavy atom. The summed E-state index contributed by atoms with van der Waals surface area (Å²) in [6.45, 7) is 4.69. The number of thioether (sulfide) groups is 1. The molecule has 11 heteroatoms. The summed E-state index contributed by atoms with van der Waals surface area (Å²) in [5.41, 5.74) is 1.02. The van der Waals surface area contributed by atoms with Crippen molar-refractivity contribution in [3.63, 3.8) is 0 Å². The van der Waals surface area contributed by atoms with Crippen LogP contribution in [0.25, 0.3) is 22.6 Å². The standard InChI is InChI=1S/C21H22ClN7O2S/c1-4-10-28-17(14-6-8-15(22)9-7-14)24-25-20(28)32-12-5-11-29-19(30)16-18(23-13-26(16)2)27(3)21(29)31/h4,6-9,13H,1,5,10-12H2,2-3H3. The van der Waals surface area contributed by atoms with Gasteiger partial charge in [0.1, 0.15) is 0 Å². The molecule has 4 rings (SSSR count). The zero-order valence-corrected chi connectivity index (χ0v) is 19.3. The number of allylic oxidation sites excluding steroid dienone is 1. The van der Waals surface area contributed by atoms with Gasteiger partial charge in [-0.25, -0.2) is 9.78 Å². The number of aromatic nitrogens is 7. The first-order valence-electron chi connectivity index (χ1n) is 9.96. The minimum Gasteiger partial charge on any atom is -0.328 e. The molecule has 0 unspecified atom stereocenters. The van der Waals surface area contributed by atoms with Crippen LogP contribution in [0.5, 0.6) is 0 Å². The lowest BCUT2D eigenvalue weighted by atomic mass is 10.2. The first-order valence-corrected chi connectivity index (χ1v) is 11.3. The van der Waals surface area contributed by atoms with Gasteiger partial charge in [0.05, 0.1) is 6.33 Å². The van der Waals surface area contributed by atoms with Crippen molar-refractivity contribution >= 4 is 34.5 Å². The fourth-order valence-corrected chi connectivity index (χ4v) is 4.48. The lowest BCUT2D eigenvalue weighted by molar-refractivity contribution is 0.593. The number of benzene rings is 1. The fourth-order valence-electron chi connectivity index (χ4n) is 3.48. The fraction of sp³-hybridized carbons (Fsp3) is 0.286. The second-order valence-corrected chi connectivity index (χ2v) is 8.74. The Balaban J connectivity index is 1.51. The zero-order valence-electron chi connectivity index (χ0n) is 17.7. The van der Waals surface area contributed by atoms with Gasteiger partial charge >= 0.3 is 5.69 Å². The first-order chi connectivity index (χ1) is 15.4. The minimum absolute atomic E-state index is 0.305. The van der Waals surface area contributed by atoms with Gasteiger partial charge < -0.3 is 4.57 Å². The van der Waals surface area contributed by atoms with E-state index in [1.54, 1.807) is 24.7 Å². The van der Waals surface area contributed by atoms with Crippen LogP contribution in [0, 0.1) is 0 Å². The number of imidazole rings is 1. The smallest absolute Gasteiger partial charge is 0.328 e. The summed E-state index contributed by atoms with van der Waals surface area (Å²) in [6.07, 6.45) is 3.94. The summed E-state index contributed by atoms with van der Waals surface area (Å²) in [4.78, 5) is 29.6. The van der Waals surface area contributed by atoms with Crippen molar-refractivity contribution in [1.82, 2.24) is 33.4 Å². The van der Waals surface area contributed by atoms with Gasteiger partial charge in [-0.2, -0.15) is 0 Å². The van der Waals surface area contributed by atoms with Crippen molar-refractivity contribution in [2.24, 2.45) is 14.1 Å². The van der Waals surface area contributed by atoms with E-state index in [1.165, 1.54) is 27.2 Å². The molecule has 0 aliphatic heterocycles. The van der Waals surface area contributed by atoms with E-state index in [-0.39, 0.29) is 11.2 Å². The second kappa shape index (κ2) is 9.17. The van der Waals surface area contributed by atoms with Crippen LogP contribution in [0.2, 0.25) is 5.02 Å². The van der Waals surface area contributed by atoms with Gasteiger partial charge in [-0.3, -0.25) is 18.5 Å². The number of aryl methyl sites for hydroxylation is 2. The number of fused-ring (bicyclic) bond motifs is 1. The number of hydrogen-bond acceptors (Lipinski definition) is 6. The molecule has 0 aliphatic rings. The molecule has 3 heterocycles. The third-order valence-corrected chi connectivity index (χ3v) is 6.39. The predicted molar refractivity (Wildman–Crippen MR) is 126 cm³/mol. The summed E-state index contributed by atoms with van der Waals surface area (Å²) in [6, 6.07) is 7.43. The lowest BCUT2D eigenvalue weighted by Gasteiger charge is -2.09. The van der Waals surface area contributed by atoms with Crippen LogP contribution in [0.4, 0.5) is 0 Å². The SMILES string of the molecule is C=CCn1c(SCCCn2c(=O)c3c(ncn3C)n(C)c2=O)nnc1-c1ccc(Cl)cc1. The minimum atomic E-state index is -0.369. The van der Waals surface area contributed by atoms with E-state index in [1.807, 2.05) is 28.8 Å². The molecule has 0 spiro atoms. The van der Waals surface area contributed by atoms with Gasteiger partial charge in [0, 0.05) is 43.5 Å². The van der Waals surface area contributed by atoms with E-state index in [4.69, 9.17) is 11.6 Å². The Kier molecular flexibility index (Phi) is 6.33. The molecule has 0 saturated carbocycles.